The monoisotopic (exact) mass is 582 g/mol. The van der Waals surface area contributed by atoms with Crippen LogP contribution >= 0.6 is 15.8 Å². The summed E-state index contributed by atoms with van der Waals surface area (Å²) in [4.78, 5) is 0. The molecule has 0 amide bonds. The fraction of sp³-hybridized carbons (Fsp3) is 0.138. The van der Waals surface area contributed by atoms with E-state index >= 15 is 0 Å². The summed E-state index contributed by atoms with van der Waals surface area (Å²) in [5.74, 6) is 0. The van der Waals surface area contributed by atoms with E-state index < -0.39 is 0 Å². The molecule has 0 spiro atoms. The van der Waals surface area contributed by atoms with Gasteiger partial charge in [0.15, 0.2) is 0 Å². The zero-order valence-electron chi connectivity index (χ0n) is 19.6. The molecule has 2 nitrogen and oxygen atoms in total. The quantitative estimate of drug-likeness (QED) is 0.0972. The molecule has 0 heterocycles. The third kappa shape index (κ3) is 9.95. The second-order valence-corrected chi connectivity index (χ2v) is 12.1. The zero-order chi connectivity index (χ0) is 23.1. The van der Waals surface area contributed by atoms with Crippen molar-refractivity contribution in [2.45, 2.75) is 0 Å². The summed E-state index contributed by atoms with van der Waals surface area (Å²) in [5, 5.41) is 9.60. The van der Waals surface area contributed by atoms with Crippen LogP contribution in [0.1, 0.15) is 0 Å². The number of hydrogen-bond acceptors (Lipinski definition) is 1. The molecule has 0 saturated carbocycles. The molecule has 0 aliphatic heterocycles. The molecule has 6 heteroatoms. The number of nitrogens with one attached hydrogen (secondary N) is 1. The molecule has 177 valence electrons. The largest absolute Gasteiger partial charge is 1.00 e. The van der Waals surface area contributed by atoms with Crippen molar-refractivity contribution in [3.63, 3.8) is 0 Å². The summed E-state index contributed by atoms with van der Waals surface area (Å²) in [6, 6.07) is 44.0. The van der Waals surface area contributed by atoms with Crippen molar-refractivity contribution < 1.29 is 24.1 Å². The van der Waals surface area contributed by atoms with E-state index in [-0.39, 0.29) is 43.7 Å². The Balaban J connectivity index is 0.00000149. The molecule has 0 aromatic heterocycles. The van der Waals surface area contributed by atoms with Crippen molar-refractivity contribution in [1.82, 2.24) is 5.32 Å². The van der Waals surface area contributed by atoms with Gasteiger partial charge < -0.3 is 13.7 Å². The number of rotatable bonds is 10. The first-order valence-electron chi connectivity index (χ1n) is 11.1. The van der Waals surface area contributed by atoms with Gasteiger partial charge in [-0.05, 0) is 62.5 Å². The van der Waals surface area contributed by atoms with Crippen molar-refractivity contribution in [3.8, 4) is 0 Å². The Hall–Kier alpha value is -1.87. The smallest absolute Gasteiger partial charge is 0.316 e. The molecular formula is C29H29BNOP2Ru. The first kappa shape index (κ1) is 31.2. The topological polar surface area (TPSA) is 31.9 Å². The van der Waals surface area contributed by atoms with E-state index in [1.807, 2.05) is 0 Å². The van der Waals surface area contributed by atoms with Gasteiger partial charge in [0.1, 0.15) is 0 Å². The molecule has 0 aliphatic carbocycles. The van der Waals surface area contributed by atoms with Crippen molar-refractivity contribution in [2.75, 3.05) is 25.4 Å². The van der Waals surface area contributed by atoms with Crippen molar-refractivity contribution >= 4 is 45.5 Å². The average molecular weight is 581 g/mol. The van der Waals surface area contributed by atoms with Crippen molar-refractivity contribution in [3.05, 3.63) is 128 Å². The Morgan fingerprint density at radius 3 is 0.943 bits per heavy atom. The van der Waals surface area contributed by atoms with Crippen LogP contribution in [0.4, 0.5) is 0 Å². The van der Waals surface area contributed by atoms with Gasteiger partial charge in [-0.1, -0.05) is 121 Å². The Kier molecular flexibility index (Phi) is 16.4. The Bertz CT molecular complexity index is 906. The second-order valence-electron chi connectivity index (χ2n) is 7.40. The maximum atomic E-state index is 7.50. The van der Waals surface area contributed by atoms with Crippen LogP contribution in [0.3, 0.4) is 0 Å². The van der Waals surface area contributed by atoms with E-state index in [2.05, 4.69) is 133 Å². The summed E-state index contributed by atoms with van der Waals surface area (Å²) < 4.78 is 7.50. The molecule has 35 heavy (non-hydrogen) atoms. The van der Waals surface area contributed by atoms with Gasteiger partial charge in [0.05, 0.1) is 0 Å². The van der Waals surface area contributed by atoms with Crippen LogP contribution in [0.2, 0.25) is 0 Å². The third-order valence-corrected chi connectivity index (χ3v) is 10.3. The number of benzene rings is 4. The van der Waals surface area contributed by atoms with Gasteiger partial charge in [-0.2, -0.15) is 0 Å². The summed E-state index contributed by atoms with van der Waals surface area (Å²) in [5.41, 5.74) is 0. The standard InChI is InChI=1S/C28H29NP2.CO.B.Ru/c1-5-13-25(14-6-1)30(26-15-7-2-8-16-26)23-21-29-22-24-31(27-17-9-3-10-18-27)28-19-11-4-12-20-28;1-2;;/h1-20,29H,21-24H2;;;/q;;-1;+1. The second kappa shape index (κ2) is 18.4. The van der Waals surface area contributed by atoms with Gasteiger partial charge in [-0.3, -0.25) is 0 Å². The van der Waals surface area contributed by atoms with Crippen molar-refractivity contribution in [2.24, 2.45) is 0 Å². The maximum Gasteiger partial charge on any atom is 1.00 e. The molecule has 0 unspecified atom stereocenters. The van der Waals surface area contributed by atoms with E-state index in [1.165, 1.54) is 21.2 Å². The minimum absolute atomic E-state index is 0. The normalized spacial score (nSPS) is 9.94. The third-order valence-electron chi connectivity index (χ3n) is 5.30. The maximum absolute atomic E-state index is 7.50. The molecule has 0 bridgehead atoms. The molecule has 5 radical (unpaired) electrons. The predicted molar refractivity (Wildman–Crippen MR) is 150 cm³/mol. The van der Waals surface area contributed by atoms with Crippen LogP contribution in [0.5, 0.6) is 0 Å². The fourth-order valence-electron chi connectivity index (χ4n) is 3.75. The molecule has 4 rings (SSSR count). The summed E-state index contributed by atoms with van der Waals surface area (Å²) >= 11 is 0. The van der Waals surface area contributed by atoms with Crippen LogP contribution in [0.25, 0.3) is 0 Å². The van der Waals surface area contributed by atoms with E-state index in [0.29, 0.717) is 0 Å². The first-order chi connectivity index (χ1) is 16.4. The molecule has 0 atom stereocenters. The molecule has 0 fully saturated rings. The fourth-order valence-corrected chi connectivity index (χ4v) is 8.27. The summed E-state index contributed by atoms with van der Waals surface area (Å²) in [7, 11) is -0.655. The molecule has 4 aromatic carbocycles. The van der Waals surface area contributed by atoms with Crippen LogP contribution in [0.15, 0.2) is 121 Å². The Labute approximate surface area is 227 Å². The number of hydrogen-bond donors (Lipinski definition) is 1. The van der Waals surface area contributed by atoms with Crippen LogP contribution in [-0.2, 0) is 24.1 Å². The van der Waals surface area contributed by atoms with Crippen LogP contribution in [0, 0.1) is 6.65 Å². The Morgan fingerprint density at radius 1 is 0.486 bits per heavy atom. The van der Waals surface area contributed by atoms with E-state index in [1.54, 1.807) is 0 Å². The van der Waals surface area contributed by atoms with E-state index in [9.17, 15) is 0 Å². The molecule has 4 aromatic rings. The van der Waals surface area contributed by atoms with Gasteiger partial charge in [0.2, 0.25) is 0 Å². The van der Waals surface area contributed by atoms with Gasteiger partial charge in [-0.15, -0.1) is 0 Å². The molecule has 0 saturated heterocycles. The first-order valence-corrected chi connectivity index (χ1v) is 14.1. The molecule has 0 aliphatic rings. The zero-order valence-corrected chi connectivity index (χ0v) is 23.1. The summed E-state index contributed by atoms with van der Waals surface area (Å²) in [6.45, 7) is 6.59. The van der Waals surface area contributed by atoms with E-state index in [0.717, 1.165) is 25.4 Å². The van der Waals surface area contributed by atoms with E-state index in [4.69, 9.17) is 4.65 Å². The Morgan fingerprint density at radius 2 is 0.714 bits per heavy atom. The average Bonchev–Trinajstić information content (AvgIpc) is 2.91. The molecular weight excluding hydrogens is 552 g/mol. The SMILES string of the molecule is [B-].[C-]#[O+].[Ru+].c1ccc(P(CCNCCP(c2ccccc2)c2ccccc2)c2ccccc2)cc1. The molecule has 1 N–H and O–H groups in total. The minimum atomic E-state index is -0.328. The minimum Gasteiger partial charge on any atom is -0.316 e. The van der Waals surface area contributed by atoms with Gasteiger partial charge in [0.25, 0.3) is 0 Å². The van der Waals surface area contributed by atoms with Crippen molar-refractivity contribution in [1.29, 1.82) is 0 Å². The van der Waals surface area contributed by atoms with Gasteiger partial charge >= 0.3 is 30.8 Å². The summed E-state index contributed by atoms with van der Waals surface area (Å²) in [6.07, 6.45) is 2.33. The van der Waals surface area contributed by atoms with Crippen LogP contribution in [-0.4, -0.2) is 33.8 Å². The van der Waals surface area contributed by atoms with Gasteiger partial charge in [0, 0.05) is 0 Å². The van der Waals surface area contributed by atoms with Gasteiger partial charge in [-0.25, -0.2) is 0 Å². The van der Waals surface area contributed by atoms with Crippen LogP contribution < -0.4 is 26.5 Å². The predicted octanol–water partition coefficient (Wildman–Crippen LogP) is 4.42.